The SMILES string of the molecule is O=C(/C=C/c1cccc(F)c1)c1ccccc1O. The lowest BCUT2D eigenvalue weighted by molar-refractivity contribution is 0.104. The molecule has 0 saturated heterocycles. The summed E-state index contributed by atoms with van der Waals surface area (Å²) in [6.45, 7) is 0. The molecule has 0 unspecified atom stereocenters. The van der Waals surface area contributed by atoms with Crippen molar-refractivity contribution in [3.63, 3.8) is 0 Å². The first kappa shape index (κ1) is 12.0. The Morgan fingerprint density at radius 3 is 2.61 bits per heavy atom. The van der Waals surface area contributed by atoms with Gasteiger partial charge in [0.05, 0.1) is 5.56 Å². The number of allylic oxidation sites excluding steroid dienone is 1. The minimum absolute atomic E-state index is 0.0635. The van der Waals surface area contributed by atoms with Crippen LogP contribution in [0.15, 0.2) is 54.6 Å². The zero-order valence-corrected chi connectivity index (χ0v) is 9.51. The molecule has 1 N–H and O–H groups in total. The molecule has 90 valence electrons. The fourth-order valence-corrected chi connectivity index (χ4v) is 1.55. The van der Waals surface area contributed by atoms with Gasteiger partial charge in [-0.3, -0.25) is 4.79 Å². The molecular weight excluding hydrogens is 231 g/mol. The van der Waals surface area contributed by atoms with E-state index in [1.54, 1.807) is 24.3 Å². The number of carbonyl (C=O) groups excluding carboxylic acids is 1. The monoisotopic (exact) mass is 242 g/mol. The highest BCUT2D eigenvalue weighted by atomic mass is 19.1. The summed E-state index contributed by atoms with van der Waals surface area (Å²) in [6.07, 6.45) is 2.82. The van der Waals surface area contributed by atoms with E-state index in [0.29, 0.717) is 5.56 Å². The number of rotatable bonds is 3. The third-order valence-corrected chi connectivity index (χ3v) is 2.45. The normalized spacial score (nSPS) is 10.7. The van der Waals surface area contributed by atoms with E-state index in [1.165, 1.54) is 36.4 Å². The summed E-state index contributed by atoms with van der Waals surface area (Å²) in [4.78, 5) is 11.8. The molecule has 0 radical (unpaired) electrons. The highest BCUT2D eigenvalue weighted by Crippen LogP contribution is 2.17. The zero-order valence-electron chi connectivity index (χ0n) is 9.51. The van der Waals surface area contributed by atoms with Crippen molar-refractivity contribution in [3.8, 4) is 5.75 Å². The fourth-order valence-electron chi connectivity index (χ4n) is 1.55. The van der Waals surface area contributed by atoms with Crippen LogP contribution in [-0.2, 0) is 0 Å². The maximum atomic E-state index is 12.9. The molecule has 2 nitrogen and oxygen atoms in total. The van der Waals surface area contributed by atoms with Crippen molar-refractivity contribution < 1.29 is 14.3 Å². The zero-order chi connectivity index (χ0) is 13.0. The van der Waals surface area contributed by atoms with Gasteiger partial charge in [-0.2, -0.15) is 0 Å². The number of halogens is 1. The first-order valence-corrected chi connectivity index (χ1v) is 5.43. The molecule has 18 heavy (non-hydrogen) atoms. The molecule has 0 atom stereocenters. The van der Waals surface area contributed by atoms with Crippen LogP contribution in [0.25, 0.3) is 6.08 Å². The second-order valence-corrected chi connectivity index (χ2v) is 3.77. The predicted octanol–water partition coefficient (Wildman–Crippen LogP) is 3.43. The third-order valence-electron chi connectivity index (χ3n) is 2.45. The van der Waals surface area contributed by atoms with Crippen molar-refractivity contribution in [3.05, 3.63) is 71.6 Å². The molecule has 2 aromatic rings. The predicted molar refractivity (Wildman–Crippen MR) is 67.9 cm³/mol. The van der Waals surface area contributed by atoms with Gasteiger partial charge in [0.25, 0.3) is 0 Å². The van der Waals surface area contributed by atoms with Crippen LogP contribution in [0, 0.1) is 5.82 Å². The summed E-state index contributed by atoms with van der Waals surface area (Å²) in [5, 5.41) is 9.51. The highest BCUT2D eigenvalue weighted by molar-refractivity contribution is 6.08. The Kier molecular flexibility index (Phi) is 3.53. The van der Waals surface area contributed by atoms with Gasteiger partial charge in [0.1, 0.15) is 11.6 Å². The number of hydrogen-bond donors (Lipinski definition) is 1. The van der Waals surface area contributed by atoms with E-state index >= 15 is 0 Å². The Labute approximate surface area is 104 Å². The number of phenols is 1. The van der Waals surface area contributed by atoms with Crippen LogP contribution in [0.3, 0.4) is 0 Å². The third kappa shape index (κ3) is 2.83. The summed E-state index contributed by atoms with van der Waals surface area (Å²) < 4.78 is 12.9. The van der Waals surface area contributed by atoms with Crippen molar-refractivity contribution >= 4 is 11.9 Å². The number of aromatic hydroxyl groups is 1. The van der Waals surface area contributed by atoms with Crippen LogP contribution in [0.4, 0.5) is 4.39 Å². The molecule has 0 fully saturated rings. The second kappa shape index (κ2) is 5.27. The molecule has 0 aliphatic heterocycles. The Morgan fingerprint density at radius 1 is 1.11 bits per heavy atom. The minimum Gasteiger partial charge on any atom is -0.507 e. The largest absolute Gasteiger partial charge is 0.507 e. The van der Waals surface area contributed by atoms with Gasteiger partial charge in [0.2, 0.25) is 0 Å². The van der Waals surface area contributed by atoms with Gasteiger partial charge in [-0.15, -0.1) is 0 Å². The van der Waals surface area contributed by atoms with Crippen molar-refractivity contribution in [1.82, 2.24) is 0 Å². The molecule has 0 bridgehead atoms. The first-order chi connectivity index (χ1) is 8.66. The van der Waals surface area contributed by atoms with E-state index in [-0.39, 0.29) is 22.9 Å². The van der Waals surface area contributed by atoms with Gasteiger partial charge < -0.3 is 5.11 Å². The van der Waals surface area contributed by atoms with Gasteiger partial charge in [-0.1, -0.05) is 30.3 Å². The number of carbonyl (C=O) groups is 1. The molecule has 3 heteroatoms. The average molecular weight is 242 g/mol. The van der Waals surface area contributed by atoms with Crippen LogP contribution >= 0.6 is 0 Å². The van der Waals surface area contributed by atoms with Crippen molar-refractivity contribution in [1.29, 1.82) is 0 Å². The average Bonchev–Trinajstić information content (AvgIpc) is 2.37. The molecule has 0 amide bonds. The van der Waals surface area contributed by atoms with E-state index in [1.807, 2.05) is 0 Å². The summed E-state index contributed by atoms with van der Waals surface area (Å²) in [5.74, 6) is -0.740. The van der Waals surface area contributed by atoms with E-state index in [0.717, 1.165) is 0 Å². The minimum atomic E-state index is -0.354. The number of ketones is 1. The van der Waals surface area contributed by atoms with Gasteiger partial charge in [-0.25, -0.2) is 4.39 Å². The summed E-state index contributed by atoms with van der Waals surface area (Å²) in [6, 6.07) is 12.2. The first-order valence-electron chi connectivity index (χ1n) is 5.43. The Balaban J connectivity index is 2.20. The maximum absolute atomic E-state index is 12.9. The molecule has 0 aromatic heterocycles. The molecule has 0 spiro atoms. The molecule has 2 aromatic carbocycles. The van der Waals surface area contributed by atoms with Crippen molar-refractivity contribution in [2.24, 2.45) is 0 Å². The molecule has 0 aliphatic rings. The Hall–Kier alpha value is -2.42. The molecule has 2 rings (SSSR count). The molecule has 0 saturated carbocycles. The lowest BCUT2D eigenvalue weighted by Crippen LogP contribution is -1.94. The van der Waals surface area contributed by atoms with Crippen LogP contribution in [0.2, 0.25) is 0 Å². The van der Waals surface area contributed by atoms with Gasteiger partial charge in [0, 0.05) is 0 Å². The Morgan fingerprint density at radius 2 is 1.89 bits per heavy atom. The summed E-state index contributed by atoms with van der Waals surface area (Å²) >= 11 is 0. The van der Waals surface area contributed by atoms with Crippen LogP contribution < -0.4 is 0 Å². The Bertz CT molecular complexity index is 603. The van der Waals surface area contributed by atoms with Gasteiger partial charge in [0.15, 0.2) is 5.78 Å². The van der Waals surface area contributed by atoms with E-state index in [9.17, 15) is 14.3 Å². The quantitative estimate of drug-likeness (QED) is 0.661. The fraction of sp³-hybridized carbons (Fsp3) is 0. The van der Waals surface area contributed by atoms with Crippen LogP contribution in [0.1, 0.15) is 15.9 Å². The number of hydrogen-bond acceptors (Lipinski definition) is 2. The van der Waals surface area contributed by atoms with E-state index < -0.39 is 0 Å². The van der Waals surface area contributed by atoms with Gasteiger partial charge in [-0.05, 0) is 35.9 Å². The van der Waals surface area contributed by atoms with Gasteiger partial charge >= 0.3 is 0 Å². The lowest BCUT2D eigenvalue weighted by atomic mass is 10.1. The summed E-state index contributed by atoms with van der Waals surface area (Å²) in [5.41, 5.74) is 0.823. The number of benzene rings is 2. The van der Waals surface area contributed by atoms with Crippen molar-refractivity contribution in [2.45, 2.75) is 0 Å². The number of phenolic OH excluding ortho intramolecular Hbond substituents is 1. The van der Waals surface area contributed by atoms with E-state index in [4.69, 9.17) is 0 Å². The highest BCUT2D eigenvalue weighted by Gasteiger charge is 2.06. The summed E-state index contributed by atoms with van der Waals surface area (Å²) in [7, 11) is 0. The van der Waals surface area contributed by atoms with Crippen LogP contribution in [0.5, 0.6) is 5.75 Å². The van der Waals surface area contributed by atoms with Crippen LogP contribution in [-0.4, -0.2) is 10.9 Å². The topological polar surface area (TPSA) is 37.3 Å². The van der Waals surface area contributed by atoms with Crippen molar-refractivity contribution in [2.75, 3.05) is 0 Å². The number of para-hydroxylation sites is 1. The lowest BCUT2D eigenvalue weighted by Gasteiger charge is -1.99. The van der Waals surface area contributed by atoms with E-state index in [2.05, 4.69) is 0 Å². The molecule has 0 aliphatic carbocycles. The second-order valence-electron chi connectivity index (χ2n) is 3.77. The standard InChI is InChI=1S/C15H11FO2/c16-12-5-3-4-11(10-12)8-9-15(18)13-6-1-2-7-14(13)17/h1-10,17H/b9-8+. The molecule has 0 heterocycles. The smallest absolute Gasteiger partial charge is 0.189 e. The molecular formula is C15H11FO2. The maximum Gasteiger partial charge on any atom is 0.189 e.